The molecular formula is C35H40F3N5O5S. The number of hydrogen-bond donors (Lipinski definition) is 1. The first kappa shape index (κ1) is 35.8. The lowest BCUT2D eigenvalue weighted by Gasteiger charge is -2.34. The van der Waals surface area contributed by atoms with Crippen molar-refractivity contribution in [2.24, 2.45) is 0 Å². The molecular weight excluding hydrogens is 659 g/mol. The predicted octanol–water partition coefficient (Wildman–Crippen LogP) is 7.78. The molecule has 3 heterocycles. The van der Waals surface area contributed by atoms with Gasteiger partial charge in [0.1, 0.15) is 11.4 Å². The van der Waals surface area contributed by atoms with Gasteiger partial charge >= 0.3 is 12.3 Å². The Kier molecular flexibility index (Phi) is 10.4. The Hall–Kier alpha value is -4.46. The van der Waals surface area contributed by atoms with E-state index < -0.39 is 39.5 Å². The van der Waals surface area contributed by atoms with Crippen LogP contribution in [0.2, 0.25) is 0 Å². The summed E-state index contributed by atoms with van der Waals surface area (Å²) in [5.74, 6) is -0.468. The summed E-state index contributed by atoms with van der Waals surface area (Å²) >= 11 is 0. The summed E-state index contributed by atoms with van der Waals surface area (Å²) in [6.45, 7) is 10.1. The number of rotatable bonds is 9. The molecule has 5 rings (SSSR count). The molecule has 1 amide bonds. The monoisotopic (exact) mass is 699 g/mol. The van der Waals surface area contributed by atoms with E-state index in [0.717, 1.165) is 18.4 Å². The average Bonchev–Trinajstić information content (AvgIpc) is 3.02. The van der Waals surface area contributed by atoms with Gasteiger partial charge in [-0.25, -0.2) is 28.2 Å². The summed E-state index contributed by atoms with van der Waals surface area (Å²) in [6, 6.07) is 12.3. The number of carbonyl (C=O) groups excluding carboxylic acids is 1. The maximum Gasteiger partial charge on any atom is 0.410 e. The van der Waals surface area contributed by atoms with Crippen LogP contribution in [0.5, 0.6) is 11.6 Å². The molecule has 1 saturated heterocycles. The largest absolute Gasteiger partial charge is 0.444 e. The van der Waals surface area contributed by atoms with Crippen LogP contribution < -0.4 is 10.1 Å². The first-order valence-electron chi connectivity index (χ1n) is 16.0. The third-order valence-electron chi connectivity index (χ3n) is 8.06. The van der Waals surface area contributed by atoms with Crippen LogP contribution in [0.3, 0.4) is 0 Å². The first-order valence-corrected chi connectivity index (χ1v) is 17.8. The van der Waals surface area contributed by atoms with Crippen molar-refractivity contribution >= 4 is 32.7 Å². The maximum atomic E-state index is 12.8. The van der Waals surface area contributed by atoms with E-state index in [4.69, 9.17) is 14.5 Å². The van der Waals surface area contributed by atoms with E-state index in [0.29, 0.717) is 57.9 Å². The van der Waals surface area contributed by atoms with Gasteiger partial charge in [-0.1, -0.05) is 24.3 Å². The van der Waals surface area contributed by atoms with Crippen LogP contribution in [0.15, 0.2) is 54.9 Å². The predicted molar refractivity (Wildman–Crippen MR) is 181 cm³/mol. The number of piperidine rings is 1. The minimum absolute atomic E-state index is 0.0885. The summed E-state index contributed by atoms with van der Waals surface area (Å²) in [5, 5.41) is 4.51. The zero-order chi connectivity index (χ0) is 35.6. The molecule has 4 aromatic rings. The van der Waals surface area contributed by atoms with Crippen molar-refractivity contribution in [1.82, 2.24) is 19.9 Å². The van der Waals surface area contributed by atoms with Gasteiger partial charge < -0.3 is 19.7 Å². The van der Waals surface area contributed by atoms with Gasteiger partial charge in [0.15, 0.2) is 9.84 Å². The van der Waals surface area contributed by atoms with Gasteiger partial charge in [0.05, 0.1) is 29.2 Å². The standard InChI is InChI=1S/C35H40F3N5O5S/c1-22-10-13-26-25(28(22)21-49(45,46)19-15-35(36,37)38)12-11-23(2)30(26)47-31-27(9-6-16-39-31)29-14-17-40-32(42-29)41-24-8-7-18-43(20-24)33(44)48-34(3,4)5/h6,9-14,16-17,24H,7-8,15,18-21H2,1-5H3,(H,40,41,42)/t24-/m0/s1. The zero-order valence-corrected chi connectivity index (χ0v) is 28.9. The Morgan fingerprint density at radius 3 is 2.47 bits per heavy atom. The molecule has 1 aliphatic rings. The normalized spacial score (nSPS) is 15.7. The number of carbonyl (C=O) groups is 1. The van der Waals surface area contributed by atoms with Gasteiger partial charge in [-0.05, 0) is 87.7 Å². The highest BCUT2D eigenvalue weighted by Crippen LogP contribution is 2.39. The third-order valence-corrected chi connectivity index (χ3v) is 9.62. The number of pyridine rings is 1. The minimum atomic E-state index is -4.57. The number of benzene rings is 2. The molecule has 0 bridgehead atoms. The van der Waals surface area contributed by atoms with E-state index in [-0.39, 0.29) is 18.0 Å². The number of aryl methyl sites for hydroxylation is 2. The first-order chi connectivity index (χ1) is 23.0. The number of fused-ring (bicyclic) bond motifs is 1. The Morgan fingerprint density at radius 2 is 1.73 bits per heavy atom. The molecule has 0 saturated carbocycles. The van der Waals surface area contributed by atoms with Crippen molar-refractivity contribution in [3.05, 3.63) is 71.5 Å². The van der Waals surface area contributed by atoms with Crippen LogP contribution in [0.1, 0.15) is 56.7 Å². The van der Waals surface area contributed by atoms with Crippen molar-refractivity contribution < 1.29 is 35.9 Å². The molecule has 49 heavy (non-hydrogen) atoms. The quantitative estimate of drug-likeness (QED) is 0.187. The molecule has 1 atom stereocenters. The van der Waals surface area contributed by atoms with E-state index in [1.807, 2.05) is 33.8 Å². The van der Waals surface area contributed by atoms with Crippen molar-refractivity contribution in [3.63, 3.8) is 0 Å². The number of alkyl halides is 3. The number of nitrogens with zero attached hydrogens (tertiary/aromatic N) is 4. The van der Waals surface area contributed by atoms with Crippen molar-refractivity contribution in [2.45, 2.75) is 77.5 Å². The summed E-state index contributed by atoms with van der Waals surface area (Å²) in [4.78, 5) is 28.0. The fraction of sp³-hybridized carbons (Fsp3) is 0.429. The highest BCUT2D eigenvalue weighted by molar-refractivity contribution is 7.90. The number of sulfone groups is 1. The number of hydrogen-bond acceptors (Lipinski definition) is 9. The van der Waals surface area contributed by atoms with E-state index in [1.54, 1.807) is 60.6 Å². The SMILES string of the molecule is Cc1ccc2c(Oc3ncccc3-c3ccnc(N[C@H]4CCCN(C(=O)OC(C)(C)C)C4)n3)c(C)ccc2c1CS(=O)(=O)CCC(F)(F)F. The van der Waals surface area contributed by atoms with Crippen LogP contribution in [0, 0.1) is 13.8 Å². The number of amides is 1. The summed E-state index contributed by atoms with van der Waals surface area (Å²) in [7, 11) is -4.06. The second-order valence-corrected chi connectivity index (χ2v) is 15.4. The van der Waals surface area contributed by atoms with Gasteiger partial charge in [-0.3, -0.25) is 0 Å². The zero-order valence-electron chi connectivity index (χ0n) is 28.1. The molecule has 262 valence electrons. The Bertz CT molecular complexity index is 1950. The van der Waals surface area contributed by atoms with E-state index in [2.05, 4.69) is 15.3 Å². The highest BCUT2D eigenvalue weighted by atomic mass is 32.2. The molecule has 1 fully saturated rings. The van der Waals surface area contributed by atoms with E-state index in [9.17, 15) is 26.4 Å². The molecule has 0 spiro atoms. The minimum Gasteiger partial charge on any atom is -0.444 e. The molecule has 10 nitrogen and oxygen atoms in total. The molecule has 0 aliphatic carbocycles. The number of likely N-dealkylation sites (tertiary alicyclic amines) is 1. The lowest BCUT2D eigenvalue weighted by atomic mass is 9.98. The van der Waals surface area contributed by atoms with E-state index >= 15 is 0 Å². The molecule has 2 aromatic carbocycles. The Labute approximate surface area is 284 Å². The van der Waals surface area contributed by atoms with Crippen LogP contribution in [0.25, 0.3) is 22.0 Å². The Morgan fingerprint density at radius 1 is 1.00 bits per heavy atom. The van der Waals surface area contributed by atoms with E-state index in [1.165, 1.54) is 0 Å². The van der Waals surface area contributed by atoms with Gasteiger partial charge in [0.2, 0.25) is 11.8 Å². The fourth-order valence-corrected chi connectivity index (χ4v) is 7.17. The fourth-order valence-electron chi connectivity index (χ4n) is 5.66. The molecule has 0 radical (unpaired) electrons. The van der Waals surface area contributed by atoms with Crippen LogP contribution in [-0.4, -0.2) is 71.0 Å². The van der Waals surface area contributed by atoms with Gasteiger partial charge in [0.25, 0.3) is 0 Å². The molecule has 1 N–H and O–H groups in total. The van der Waals surface area contributed by atoms with Gasteiger partial charge in [-0.2, -0.15) is 13.2 Å². The molecule has 14 heteroatoms. The third kappa shape index (κ3) is 9.37. The van der Waals surface area contributed by atoms with Crippen LogP contribution in [-0.2, 0) is 20.3 Å². The van der Waals surface area contributed by atoms with Crippen molar-refractivity contribution in [2.75, 3.05) is 24.2 Å². The van der Waals surface area contributed by atoms with Crippen molar-refractivity contribution in [3.8, 4) is 22.9 Å². The number of ether oxygens (including phenoxy) is 2. The highest BCUT2D eigenvalue weighted by Gasteiger charge is 2.31. The number of aromatic nitrogens is 3. The average molecular weight is 700 g/mol. The Balaban J connectivity index is 1.40. The summed E-state index contributed by atoms with van der Waals surface area (Å²) < 4.78 is 75.9. The number of anilines is 1. The summed E-state index contributed by atoms with van der Waals surface area (Å²) in [6.07, 6.45) is -1.52. The van der Waals surface area contributed by atoms with Gasteiger partial charge in [-0.15, -0.1) is 0 Å². The smallest absolute Gasteiger partial charge is 0.410 e. The second kappa shape index (κ2) is 14.2. The topological polar surface area (TPSA) is 124 Å². The second-order valence-electron chi connectivity index (χ2n) is 13.3. The molecule has 0 unspecified atom stereocenters. The lowest BCUT2D eigenvalue weighted by molar-refractivity contribution is -0.129. The molecule has 2 aromatic heterocycles. The molecule has 1 aliphatic heterocycles. The number of nitrogens with one attached hydrogen (secondary N) is 1. The maximum absolute atomic E-state index is 12.8. The van der Waals surface area contributed by atoms with Crippen molar-refractivity contribution in [1.29, 1.82) is 0 Å². The summed E-state index contributed by atoms with van der Waals surface area (Å²) in [5.41, 5.74) is 2.33. The number of halogens is 3. The van der Waals surface area contributed by atoms with Crippen LogP contribution >= 0.6 is 0 Å². The van der Waals surface area contributed by atoms with Crippen LogP contribution in [0.4, 0.5) is 23.9 Å². The lowest BCUT2D eigenvalue weighted by Crippen LogP contribution is -2.47. The van der Waals surface area contributed by atoms with Gasteiger partial charge in [0, 0.05) is 36.9 Å².